The molecule has 0 saturated carbocycles. The molecule has 0 spiro atoms. The molecule has 9 N–H and O–H groups in total. The maximum atomic E-state index is 13.1. The highest BCUT2D eigenvalue weighted by atomic mass is 32.1. The van der Waals surface area contributed by atoms with Crippen molar-refractivity contribution in [1.82, 2.24) is 14.9 Å². The van der Waals surface area contributed by atoms with Crippen molar-refractivity contribution in [1.29, 1.82) is 5.41 Å². The van der Waals surface area contributed by atoms with Crippen molar-refractivity contribution >= 4 is 46.4 Å². The smallest absolute Gasteiger partial charge is 0.274 e. The van der Waals surface area contributed by atoms with Crippen LogP contribution in [0.2, 0.25) is 0 Å². The summed E-state index contributed by atoms with van der Waals surface area (Å²) in [6, 6.07) is 8.82. The van der Waals surface area contributed by atoms with Gasteiger partial charge in [0.1, 0.15) is 18.1 Å². The van der Waals surface area contributed by atoms with E-state index in [-0.39, 0.29) is 54.2 Å². The van der Waals surface area contributed by atoms with Gasteiger partial charge >= 0.3 is 0 Å². The van der Waals surface area contributed by atoms with Gasteiger partial charge in [-0.3, -0.25) is 29.6 Å². The van der Waals surface area contributed by atoms with Crippen molar-refractivity contribution in [2.24, 2.45) is 22.2 Å². The van der Waals surface area contributed by atoms with Crippen molar-refractivity contribution < 1.29 is 14.4 Å². The molecule has 0 unspecified atom stereocenters. The largest absolute Gasteiger partial charge is 0.384 e. The summed E-state index contributed by atoms with van der Waals surface area (Å²) in [5.74, 6) is -1.49. The normalized spacial score (nSPS) is 11.3. The van der Waals surface area contributed by atoms with Crippen molar-refractivity contribution in [3.8, 4) is 0 Å². The lowest BCUT2D eigenvalue weighted by Gasteiger charge is -2.18. The highest BCUT2D eigenvalue weighted by Gasteiger charge is 2.24. The van der Waals surface area contributed by atoms with Crippen LogP contribution in [0.3, 0.4) is 0 Å². The Morgan fingerprint density at radius 3 is 2.45 bits per heavy atom. The number of carbonyl (C=O) groups excluding carboxylic acids is 3. The Hall–Kier alpha value is -4.85. The molecule has 0 aliphatic heterocycles. The van der Waals surface area contributed by atoms with Gasteiger partial charge in [-0.1, -0.05) is 24.3 Å². The summed E-state index contributed by atoms with van der Waals surface area (Å²) in [5, 5.41) is 14.7. The molecule has 3 aromatic rings. The van der Waals surface area contributed by atoms with Crippen LogP contribution < -0.4 is 33.4 Å². The zero-order chi connectivity index (χ0) is 29.2. The molecule has 0 radical (unpaired) electrons. The van der Waals surface area contributed by atoms with E-state index in [0.29, 0.717) is 23.2 Å². The predicted molar refractivity (Wildman–Crippen MR) is 154 cm³/mol. The number of pyridine rings is 1. The fourth-order valence-corrected chi connectivity index (χ4v) is 4.43. The van der Waals surface area contributed by atoms with E-state index < -0.39 is 23.4 Å². The van der Waals surface area contributed by atoms with Gasteiger partial charge in [0.2, 0.25) is 17.6 Å². The fraction of sp³-hybridized carbons (Fsp3) is 0.269. The quantitative estimate of drug-likeness (QED) is 0.0738. The molecular formula is C26H31N9O4S. The minimum atomic E-state index is -0.888. The zero-order valence-electron chi connectivity index (χ0n) is 21.8. The van der Waals surface area contributed by atoms with Gasteiger partial charge in [0.05, 0.1) is 12.5 Å². The Morgan fingerprint density at radius 2 is 1.82 bits per heavy atom. The van der Waals surface area contributed by atoms with Gasteiger partial charge in [0.25, 0.3) is 5.56 Å². The SMILES string of the molecule is Cc1ccc(NC(=O)Cc2ccc(C(=N)N)cc2)c(=O)n1CC(=O)N[C@@H](CCCN=C(N)N)C(=O)c1nccs1. The molecule has 0 fully saturated rings. The molecule has 40 heavy (non-hydrogen) atoms. The average molecular weight is 566 g/mol. The van der Waals surface area contributed by atoms with Crippen molar-refractivity contribution in [3.05, 3.63) is 80.2 Å². The highest BCUT2D eigenvalue weighted by Crippen LogP contribution is 2.12. The monoisotopic (exact) mass is 565 g/mol. The number of amides is 2. The Balaban J connectivity index is 1.69. The average Bonchev–Trinajstić information content (AvgIpc) is 3.45. The number of hydrogen-bond acceptors (Lipinski definition) is 8. The first kappa shape index (κ1) is 29.7. The third kappa shape index (κ3) is 8.33. The van der Waals surface area contributed by atoms with Gasteiger partial charge < -0.3 is 32.4 Å². The maximum Gasteiger partial charge on any atom is 0.274 e. The number of carbonyl (C=O) groups is 3. The molecule has 13 nitrogen and oxygen atoms in total. The number of ketones is 1. The van der Waals surface area contributed by atoms with E-state index in [4.69, 9.17) is 22.6 Å². The Bertz CT molecular complexity index is 1460. The number of rotatable bonds is 13. The van der Waals surface area contributed by atoms with Crippen LogP contribution in [0.4, 0.5) is 5.69 Å². The number of aryl methyl sites for hydroxylation is 1. The Kier molecular flexibility index (Phi) is 10.2. The number of hydrogen-bond donors (Lipinski definition) is 6. The van der Waals surface area contributed by atoms with E-state index in [2.05, 4.69) is 20.6 Å². The molecule has 2 heterocycles. The lowest BCUT2D eigenvalue weighted by Crippen LogP contribution is -2.44. The second-order valence-corrected chi connectivity index (χ2v) is 9.78. The minimum absolute atomic E-state index is 0.00755. The van der Waals surface area contributed by atoms with Crippen LogP contribution >= 0.6 is 11.3 Å². The van der Waals surface area contributed by atoms with Gasteiger partial charge in [0, 0.05) is 29.4 Å². The van der Waals surface area contributed by atoms with Crippen LogP contribution in [0.5, 0.6) is 0 Å². The summed E-state index contributed by atoms with van der Waals surface area (Å²) in [6.45, 7) is 1.57. The fourth-order valence-electron chi connectivity index (χ4n) is 3.79. The first-order chi connectivity index (χ1) is 19.0. The number of nitrogen functional groups attached to an aromatic ring is 1. The van der Waals surface area contributed by atoms with Crippen LogP contribution in [0.15, 0.2) is 57.8 Å². The molecule has 0 saturated heterocycles. The number of nitrogens with two attached hydrogens (primary N) is 3. The number of aliphatic imine (C=N–C) groups is 1. The van der Waals surface area contributed by atoms with Gasteiger partial charge in [0.15, 0.2) is 11.0 Å². The predicted octanol–water partition coefficient (Wildman–Crippen LogP) is 0.500. The van der Waals surface area contributed by atoms with Crippen molar-refractivity contribution in [2.75, 3.05) is 11.9 Å². The van der Waals surface area contributed by atoms with E-state index in [0.717, 1.165) is 11.3 Å². The first-order valence-corrected chi connectivity index (χ1v) is 13.1. The number of Topliss-reactive ketones (excluding diaryl/α,β-unsaturated/α-hetero) is 1. The molecule has 0 bridgehead atoms. The summed E-state index contributed by atoms with van der Waals surface area (Å²) in [4.78, 5) is 59.6. The molecule has 2 aromatic heterocycles. The summed E-state index contributed by atoms with van der Waals surface area (Å²) in [7, 11) is 0. The van der Waals surface area contributed by atoms with E-state index in [9.17, 15) is 19.2 Å². The van der Waals surface area contributed by atoms with E-state index in [1.54, 1.807) is 42.6 Å². The molecule has 0 aliphatic rings. The number of guanidine groups is 1. The number of nitrogens with one attached hydrogen (secondary N) is 3. The number of benzene rings is 1. The molecule has 2 amide bonds. The summed E-state index contributed by atoms with van der Waals surface area (Å²) >= 11 is 1.16. The Morgan fingerprint density at radius 1 is 1.10 bits per heavy atom. The third-order valence-electron chi connectivity index (χ3n) is 5.84. The minimum Gasteiger partial charge on any atom is -0.384 e. The molecule has 3 rings (SSSR count). The first-order valence-electron chi connectivity index (χ1n) is 12.3. The number of amidine groups is 1. The third-order valence-corrected chi connectivity index (χ3v) is 6.63. The number of anilines is 1. The van der Waals surface area contributed by atoms with Crippen LogP contribution in [0.25, 0.3) is 0 Å². The lowest BCUT2D eigenvalue weighted by atomic mass is 10.1. The molecule has 14 heteroatoms. The second kappa shape index (κ2) is 13.8. The van der Waals surface area contributed by atoms with Crippen LogP contribution in [0.1, 0.15) is 39.5 Å². The van der Waals surface area contributed by atoms with Gasteiger partial charge in [-0.25, -0.2) is 4.98 Å². The summed E-state index contributed by atoms with van der Waals surface area (Å²) < 4.78 is 1.22. The summed E-state index contributed by atoms with van der Waals surface area (Å²) in [6.07, 6.45) is 2.18. The Labute approximate surface area is 234 Å². The zero-order valence-corrected chi connectivity index (χ0v) is 22.7. The maximum absolute atomic E-state index is 13.1. The van der Waals surface area contributed by atoms with Gasteiger partial charge in [-0.2, -0.15) is 0 Å². The number of thiazole rings is 1. The number of aromatic nitrogens is 2. The molecular weight excluding hydrogens is 534 g/mol. The highest BCUT2D eigenvalue weighted by molar-refractivity contribution is 7.11. The molecule has 1 atom stereocenters. The van der Waals surface area contributed by atoms with Gasteiger partial charge in [-0.05, 0) is 37.5 Å². The van der Waals surface area contributed by atoms with Crippen molar-refractivity contribution in [2.45, 2.75) is 38.8 Å². The van der Waals surface area contributed by atoms with Gasteiger partial charge in [-0.15, -0.1) is 11.3 Å². The molecule has 210 valence electrons. The van der Waals surface area contributed by atoms with Crippen molar-refractivity contribution in [3.63, 3.8) is 0 Å². The topological polar surface area (TPSA) is 224 Å². The second-order valence-electron chi connectivity index (χ2n) is 8.89. The van der Waals surface area contributed by atoms with E-state index in [1.165, 1.54) is 16.8 Å². The summed E-state index contributed by atoms with van der Waals surface area (Å²) in [5.41, 5.74) is 17.3. The molecule has 0 aliphatic carbocycles. The molecule has 1 aromatic carbocycles. The van der Waals surface area contributed by atoms with E-state index >= 15 is 0 Å². The van der Waals surface area contributed by atoms with Crippen LogP contribution in [-0.2, 0) is 22.6 Å². The standard InChI is InChI=1S/C26H31N9O4S/c1-15-4-9-19(34-20(36)13-16-5-7-17(8-6-16)23(27)28)25(39)35(15)14-21(37)33-18(3-2-10-32-26(29)30)22(38)24-31-11-12-40-24/h4-9,11-12,18H,2-3,10,13-14H2,1H3,(H3,27,28)(H,33,37)(H,34,36)(H4,29,30,32)/t18-/m0/s1. The lowest BCUT2D eigenvalue weighted by molar-refractivity contribution is -0.122. The van der Waals surface area contributed by atoms with E-state index in [1.807, 2.05) is 0 Å². The van der Waals surface area contributed by atoms with Crippen LogP contribution in [-0.4, -0.2) is 51.5 Å². The van der Waals surface area contributed by atoms with Crippen LogP contribution in [0, 0.1) is 12.3 Å². The number of nitrogens with zero attached hydrogens (tertiary/aromatic N) is 3.